The number of fused-ring (bicyclic) bond motifs is 1. The number of benzene rings is 1. The summed E-state index contributed by atoms with van der Waals surface area (Å²) >= 11 is 2.64. The van der Waals surface area contributed by atoms with E-state index in [1.54, 1.807) is 12.1 Å². The lowest BCUT2D eigenvalue weighted by molar-refractivity contribution is -0.118. The fourth-order valence-electron chi connectivity index (χ4n) is 2.67. The SMILES string of the molecule is C=CCn1c(SCC(=O)NCCOc2ccc(OCC)cc2)nc2sccc2c1=O. The number of thioether (sulfide) groups is 1. The smallest absolute Gasteiger partial charge is 0.263 e. The van der Waals surface area contributed by atoms with E-state index >= 15 is 0 Å². The largest absolute Gasteiger partial charge is 0.494 e. The van der Waals surface area contributed by atoms with Gasteiger partial charge < -0.3 is 14.8 Å². The molecule has 3 aromatic rings. The molecule has 0 radical (unpaired) electrons. The topological polar surface area (TPSA) is 82.5 Å². The number of nitrogens with one attached hydrogen (secondary N) is 1. The van der Waals surface area contributed by atoms with Gasteiger partial charge in [-0.3, -0.25) is 14.2 Å². The molecule has 2 aromatic heterocycles. The molecule has 1 N–H and O–H groups in total. The summed E-state index contributed by atoms with van der Waals surface area (Å²) < 4.78 is 12.5. The first-order valence-electron chi connectivity index (χ1n) is 9.46. The van der Waals surface area contributed by atoms with Gasteiger partial charge in [0.05, 0.1) is 24.3 Å². The maximum absolute atomic E-state index is 12.6. The van der Waals surface area contributed by atoms with Crippen molar-refractivity contribution in [2.75, 3.05) is 25.5 Å². The van der Waals surface area contributed by atoms with E-state index < -0.39 is 0 Å². The van der Waals surface area contributed by atoms with Crippen LogP contribution in [0.5, 0.6) is 11.5 Å². The Labute approximate surface area is 182 Å². The van der Waals surface area contributed by atoms with Crippen LogP contribution in [0.15, 0.2) is 58.3 Å². The van der Waals surface area contributed by atoms with E-state index in [0.717, 1.165) is 5.75 Å². The highest BCUT2D eigenvalue weighted by Crippen LogP contribution is 2.21. The number of aromatic nitrogens is 2. The summed E-state index contributed by atoms with van der Waals surface area (Å²) in [5.74, 6) is 1.51. The number of rotatable bonds is 11. The second-order valence-corrected chi connectivity index (χ2v) is 7.97. The van der Waals surface area contributed by atoms with Crippen molar-refractivity contribution in [3.05, 3.63) is 58.7 Å². The van der Waals surface area contributed by atoms with Gasteiger partial charge >= 0.3 is 0 Å². The average Bonchev–Trinajstić information content (AvgIpc) is 3.22. The molecule has 0 bridgehead atoms. The third-order valence-electron chi connectivity index (χ3n) is 4.02. The van der Waals surface area contributed by atoms with Gasteiger partial charge in [0, 0.05) is 6.54 Å². The van der Waals surface area contributed by atoms with E-state index in [9.17, 15) is 9.59 Å². The molecule has 0 saturated carbocycles. The first-order chi connectivity index (χ1) is 14.6. The molecule has 0 unspecified atom stereocenters. The summed E-state index contributed by atoms with van der Waals surface area (Å²) in [5, 5.41) is 5.74. The molecule has 3 rings (SSSR count). The van der Waals surface area contributed by atoms with E-state index in [-0.39, 0.29) is 17.2 Å². The Kier molecular flexibility index (Phi) is 7.92. The Morgan fingerprint density at radius 2 is 2.00 bits per heavy atom. The van der Waals surface area contributed by atoms with Crippen molar-refractivity contribution in [2.45, 2.75) is 18.6 Å². The number of hydrogen-bond acceptors (Lipinski definition) is 7. The summed E-state index contributed by atoms with van der Waals surface area (Å²) in [6.45, 7) is 7.32. The molecule has 30 heavy (non-hydrogen) atoms. The zero-order valence-electron chi connectivity index (χ0n) is 16.6. The predicted molar refractivity (Wildman–Crippen MR) is 121 cm³/mol. The Bertz CT molecular complexity index is 1060. The van der Waals surface area contributed by atoms with Crippen molar-refractivity contribution >= 4 is 39.2 Å². The van der Waals surface area contributed by atoms with Crippen molar-refractivity contribution in [3.63, 3.8) is 0 Å². The number of hydrogen-bond donors (Lipinski definition) is 1. The van der Waals surface area contributed by atoms with Crippen LogP contribution in [0, 0.1) is 0 Å². The first kappa shape index (κ1) is 21.9. The number of amides is 1. The quantitative estimate of drug-likeness (QED) is 0.211. The lowest BCUT2D eigenvalue weighted by Gasteiger charge is -2.11. The zero-order valence-corrected chi connectivity index (χ0v) is 18.3. The van der Waals surface area contributed by atoms with Crippen LogP contribution < -0.4 is 20.3 Å². The third-order valence-corrected chi connectivity index (χ3v) is 5.80. The summed E-state index contributed by atoms with van der Waals surface area (Å²) in [6.07, 6.45) is 1.64. The molecule has 9 heteroatoms. The Balaban J connectivity index is 1.48. The molecule has 0 aliphatic rings. The van der Waals surface area contributed by atoms with Gasteiger partial charge in [-0.15, -0.1) is 17.9 Å². The van der Waals surface area contributed by atoms with Crippen LogP contribution in [0.1, 0.15) is 6.92 Å². The minimum Gasteiger partial charge on any atom is -0.494 e. The molecular weight excluding hydrogens is 422 g/mol. The van der Waals surface area contributed by atoms with Crippen LogP contribution in [0.3, 0.4) is 0 Å². The highest BCUT2D eigenvalue weighted by molar-refractivity contribution is 7.99. The Morgan fingerprint density at radius 3 is 2.70 bits per heavy atom. The predicted octanol–water partition coefficient (Wildman–Crippen LogP) is 3.33. The van der Waals surface area contributed by atoms with E-state index in [4.69, 9.17) is 9.47 Å². The lowest BCUT2D eigenvalue weighted by atomic mass is 10.3. The van der Waals surface area contributed by atoms with Gasteiger partial charge in [-0.25, -0.2) is 4.98 Å². The number of nitrogens with zero attached hydrogens (tertiary/aromatic N) is 2. The molecule has 7 nitrogen and oxygen atoms in total. The highest BCUT2D eigenvalue weighted by Gasteiger charge is 2.13. The van der Waals surface area contributed by atoms with Crippen LogP contribution in [-0.2, 0) is 11.3 Å². The molecule has 0 aliphatic carbocycles. The van der Waals surface area contributed by atoms with Gasteiger partial charge in [0.1, 0.15) is 22.9 Å². The van der Waals surface area contributed by atoms with Gasteiger partial charge in [-0.2, -0.15) is 0 Å². The third kappa shape index (κ3) is 5.64. The van der Waals surface area contributed by atoms with Crippen LogP contribution in [-0.4, -0.2) is 41.0 Å². The van der Waals surface area contributed by atoms with Gasteiger partial charge in [0.25, 0.3) is 5.56 Å². The minimum absolute atomic E-state index is 0.118. The minimum atomic E-state index is -0.152. The molecule has 0 saturated heterocycles. The molecule has 158 valence electrons. The van der Waals surface area contributed by atoms with Crippen molar-refractivity contribution in [1.29, 1.82) is 0 Å². The number of carbonyl (C=O) groups is 1. The van der Waals surface area contributed by atoms with Crippen LogP contribution >= 0.6 is 23.1 Å². The second-order valence-electron chi connectivity index (χ2n) is 6.13. The molecule has 2 heterocycles. The second kappa shape index (κ2) is 10.8. The van der Waals surface area contributed by atoms with E-state index in [2.05, 4.69) is 16.9 Å². The van der Waals surface area contributed by atoms with Gasteiger partial charge in [0.2, 0.25) is 5.91 Å². The van der Waals surface area contributed by atoms with Gasteiger partial charge in [-0.05, 0) is 42.6 Å². The Hall–Kier alpha value is -2.78. The molecule has 1 aromatic carbocycles. The molecule has 0 fully saturated rings. The summed E-state index contributed by atoms with van der Waals surface area (Å²) in [6, 6.07) is 9.10. The highest BCUT2D eigenvalue weighted by atomic mass is 32.2. The van der Waals surface area contributed by atoms with Crippen molar-refractivity contribution in [2.24, 2.45) is 0 Å². The molecule has 0 atom stereocenters. The zero-order chi connectivity index (χ0) is 21.3. The van der Waals surface area contributed by atoms with Crippen LogP contribution in [0.2, 0.25) is 0 Å². The monoisotopic (exact) mass is 445 g/mol. The summed E-state index contributed by atoms with van der Waals surface area (Å²) in [5.41, 5.74) is -0.118. The molecule has 1 amide bonds. The number of carbonyl (C=O) groups excluding carboxylic acids is 1. The number of ether oxygens (including phenoxy) is 2. The maximum Gasteiger partial charge on any atom is 0.263 e. The Morgan fingerprint density at radius 1 is 1.27 bits per heavy atom. The number of thiophene rings is 1. The van der Waals surface area contributed by atoms with E-state index in [1.807, 2.05) is 36.6 Å². The van der Waals surface area contributed by atoms with Gasteiger partial charge in [0.15, 0.2) is 5.16 Å². The first-order valence-corrected chi connectivity index (χ1v) is 11.3. The summed E-state index contributed by atoms with van der Waals surface area (Å²) in [4.78, 5) is 30.0. The average molecular weight is 446 g/mol. The fourth-order valence-corrected chi connectivity index (χ4v) is 4.31. The fraction of sp³-hybridized carbons (Fsp3) is 0.286. The van der Waals surface area contributed by atoms with E-state index in [1.165, 1.54) is 27.7 Å². The van der Waals surface area contributed by atoms with Crippen molar-refractivity contribution in [3.8, 4) is 11.5 Å². The molecule has 0 aliphatic heterocycles. The van der Waals surface area contributed by atoms with Crippen molar-refractivity contribution < 1.29 is 14.3 Å². The van der Waals surface area contributed by atoms with Crippen molar-refractivity contribution in [1.82, 2.24) is 14.9 Å². The van der Waals surface area contributed by atoms with Gasteiger partial charge in [-0.1, -0.05) is 17.8 Å². The lowest BCUT2D eigenvalue weighted by Crippen LogP contribution is -2.30. The maximum atomic E-state index is 12.6. The van der Waals surface area contributed by atoms with E-state index in [0.29, 0.717) is 47.4 Å². The van der Waals surface area contributed by atoms with Crippen LogP contribution in [0.25, 0.3) is 10.2 Å². The van der Waals surface area contributed by atoms with Crippen LogP contribution in [0.4, 0.5) is 0 Å². The number of allylic oxidation sites excluding steroid dienone is 1. The normalized spacial score (nSPS) is 10.7. The summed E-state index contributed by atoms with van der Waals surface area (Å²) in [7, 11) is 0. The molecular formula is C21H23N3O4S2. The standard InChI is InChI=1S/C21H23N3O4S2/c1-3-11-24-20(26)17-9-13-29-19(17)23-21(24)30-14-18(25)22-10-12-28-16-7-5-15(6-8-16)27-4-2/h3,5-9,13H,1,4,10-12,14H2,2H3,(H,22,25). The molecule has 0 spiro atoms.